The average molecular weight is 459 g/mol. The lowest BCUT2D eigenvalue weighted by molar-refractivity contribution is 0.185. The summed E-state index contributed by atoms with van der Waals surface area (Å²) >= 11 is 5.87. The maximum absolute atomic E-state index is 13.3. The average Bonchev–Trinajstić information content (AvgIpc) is 2.83. The fourth-order valence-electron chi connectivity index (χ4n) is 4.66. The van der Waals surface area contributed by atoms with Crippen molar-refractivity contribution >= 4 is 17.3 Å². The lowest BCUT2D eigenvalue weighted by Gasteiger charge is -2.40. The maximum atomic E-state index is 13.3. The summed E-state index contributed by atoms with van der Waals surface area (Å²) in [6.45, 7) is 1.18. The van der Waals surface area contributed by atoms with E-state index in [1.807, 2.05) is 12.1 Å². The number of methoxy groups -OCH3 is 2. The van der Waals surface area contributed by atoms with E-state index in [-0.39, 0.29) is 11.9 Å². The molecule has 2 aromatic carbocycles. The van der Waals surface area contributed by atoms with E-state index < -0.39 is 0 Å². The Kier molecular flexibility index (Phi) is 7.35. The van der Waals surface area contributed by atoms with Crippen molar-refractivity contribution in [3.05, 3.63) is 53.3 Å². The summed E-state index contributed by atoms with van der Waals surface area (Å²) in [6.07, 6.45) is 6.97. The Morgan fingerprint density at radius 1 is 1.06 bits per heavy atom. The van der Waals surface area contributed by atoms with Crippen LogP contribution >= 0.6 is 12.2 Å². The molecule has 4 rings (SSSR count). The molecule has 0 amide bonds. The molecule has 1 fully saturated rings. The first-order chi connectivity index (χ1) is 15.6. The van der Waals surface area contributed by atoms with E-state index in [2.05, 4.69) is 10.2 Å². The van der Waals surface area contributed by atoms with Crippen molar-refractivity contribution in [3.8, 4) is 17.2 Å². The number of hydrogen-bond acceptors (Lipinski definition) is 4. The van der Waals surface area contributed by atoms with Gasteiger partial charge in [-0.15, -0.1) is 0 Å². The molecule has 0 unspecified atom stereocenters. The van der Waals surface area contributed by atoms with Gasteiger partial charge in [0, 0.05) is 12.6 Å². The highest BCUT2D eigenvalue weighted by Gasteiger charge is 2.32. The first-order valence-electron chi connectivity index (χ1n) is 11.3. The van der Waals surface area contributed by atoms with E-state index in [1.54, 1.807) is 26.4 Å². The van der Waals surface area contributed by atoms with Crippen LogP contribution in [0.15, 0.2) is 36.4 Å². The second kappa shape index (κ2) is 10.4. The second-order valence-corrected chi connectivity index (χ2v) is 8.80. The smallest absolute Gasteiger partial charge is 0.169 e. The molecule has 1 heterocycles. The molecule has 1 N–H and O–H groups in total. The van der Waals surface area contributed by atoms with Gasteiger partial charge in [-0.2, -0.15) is 0 Å². The molecule has 1 atom stereocenters. The normalized spacial score (nSPS) is 18.6. The van der Waals surface area contributed by atoms with Crippen molar-refractivity contribution < 1.29 is 18.6 Å². The van der Waals surface area contributed by atoms with Gasteiger partial charge in [-0.3, -0.25) is 0 Å². The zero-order valence-electron chi connectivity index (χ0n) is 18.7. The van der Waals surface area contributed by atoms with E-state index in [0.29, 0.717) is 24.1 Å². The second-order valence-electron chi connectivity index (χ2n) is 8.41. The van der Waals surface area contributed by atoms with Crippen molar-refractivity contribution in [2.24, 2.45) is 0 Å². The predicted octanol–water partition coefficient (Wildman–Crippen LogP) is 5.03. The van der Waals surface area contributed by atoms with Crippen molar-refractivity contribution in [1.29, 1.82) is 0 Å². The van der Waals surface area contributed by atoms with Crippen LogP contribution in [0, 0.1) is 5.82 Å². The van der Waals surface area contributed by atoms with Gasteiger partial charge in [-0.25, -0.2) is 4.39 Å². The third kappa shape index (κ3) is 5.09. The number of nitrogens with zero attached hydrogens (tertiary/aromatic N) is 1. The monoisotopic (exact) mass is 458 g/mol. The van der Waals surface area contributed by atoms with Gasteiger partial charge in [0.05, 0.1) is 20.3 Å². The molecule has 172 valence electrons. The Labute approximate surface area is 194 Å². The topological polar surface area (TPSA) is 43.0 Å². The van der Waals surface area contributed by atoms with E-state index in [1.165, 1.54) is 37.0 Å². The number of ether oxygens (including phenoxy) is 3. The van der Waals surface area contributed by atoms with Gasteiger partial charge in [0.15, 0.2) is 16.6 Å². The minimum absolute atomic E-state index is 0.0906. The summed E-state index contributed by atoms with van der Waals surface area (Å²) in [7, 11) is 3.29. The Bertz CT molecular complexity index is 932. The molecule has 32 heavy (non-hydrogen) atoms. The van der Waals surface area contributed by atoms with Crippen LogP contribution in [0.2, 0.25) is 0 Å². The number of rotatable bonds is 6. The van der Waals surface area contributed by atoms with Crippen LogP contribution in [0.25, 0.3) is 0 Å². The minimum Gasteiger partial charge on any atom is -0.493 e. The summed E-state index contributed by atoms with van der Waals surface area (Å²) in [4.78, 5) is 2.22. The summed E-state index contributed by atoms with van der Waals surface area (Å²) in [5.74, 6) is 1.76. The van der Waals surface area contributed by atoms with Crippen LogP contribution in [0.5, 0.6) is 17.2 Å². The Balaban J connectivity index is 1.59. The zero-order valence-corrected chi connectivity index (χ0v) is 19.6. The molecule has 1 aliphatic heterocycles. The molecule has 0 aromatic heterocycles. The maximum Gasteiger partial charge on any atom is 0.169 e. The third-order valence-corrected chi connectivity index (χ3v) is 6.77. The number of hydrogen-bond donors (Lipinski definition) is 1. The lowest BCUT2D eigenvalue weighted by Crippen LogP contribution is -2.50. The third-order valence-electron chi connectivity index (χ3n) is 6.42. The molecule has 1 aliphatic carbocycles. The molecular weight excluding hydrogens is 427 g/mol. The fraction of sp³-hybridized carbons (Fsp3) is 0.480. The predicted molar refractivity (Wildman–Crippen MR) is 127 cm³/mol. The van der Waals surface area contributed by atoms with Gasteiger partial charge in [0.2, 0.25) is 0 Å². The van der Waals surface area contributed by atoms with Gasteiger partial charge >= 0.3 is 0 Å². The van der Waals surface area contributed by atoms with Gasteiger partial charge in [0.1, 0.15) is 18.2 Å². The zero-order chi connectivity index (χ0) is 22.5. The van der Waals surface area contributed by atoms with Gasteiger partial charge in [-0.1, -0.05) is 19.3 Å². The van der Waals surface area contributed by atoms with Crippen LogP contribution in [-0.2, 0) is 6.42 Å². The number of nitrogens with one attached hydrogen (secondary N) is 1. The van der Waals surface area contributed by atoms with Crippen molar-refractivity contribution in [2.45, 2.75) is 50.6 Å². The summed E-state index contributed by atoms with van der Waals surface area (Å²) in [5.41, 5.74) is 2.32. The first-order valence-corrected chi connectivity index (χ1v) is 11.7. The number of benzene rings is 2. The van der Waals surface area contributed by atoms with Crippen LogP contribution in [0.1, 0.15) is 49.3 Å². The van der Waals surface area contributed by atoms with Gasteiger partial charge in [0.25, 0.3) is 0 Å². The van der Waals surface area contributed by atoms with Crippen LogP contribution in [0.3, 0.4) is 0 Å². The van der Waals surface area contributed by atoms with E-state index in [9.17, 15) is 4.39 Å². The molecule has 5 nitrogen and oxygen atoms in total. The molecular formula is C25H31FN2O3S. The van der Waals surface area contributed by atoms with Crippen molar-refractivity contribution in [3.63, 3.8) is 0 Å². The largest absolute Gasteiger partial charge is 0.493 e. The highest BCUT2D eigenvalue weighted by atomic mass is 32.1. The van der Waals surface area contributed by atoms with Gasteiger partial charge in [-0.05, 0) is 79.0 Å². The number of halogens is 1. The molecule has 1 saturated carbocycles. The molecule has 0 saturated heterocycles. The standard InChI is InChI=1S/C25H31FN2O3S/c1-29-23-14-17-12-13-28(25(32)27-19-6-4-3-5-7-19)22(21(17)15-24(23)30-2)16-31-20-10-8-18(26)9-11-20/h8-11,14-15,19,22H,3-7,12-13,16H2,1-2H3,(H,27,32)/t22-/m0/s1. The quantitative estimate of drug-likeness (QED) is 0.613. The number of fused-ring (bicyclic) bond motifs is 1. The van der Waals surface area contributed by atoms with E-state index in [0.717, 1.165) is 42.2 Å². The SMILES string of the molecule is COc1cc2c(cc1OC)[C@H](COc1ccc(F)cc1)N(C(=S)NC1CCCCC1)CC2. The first kappa shape index (κ1) is 22.6. The molecule has 2 aliphatic rings. The lowest BCUT2D eigenvalue weighted by atomic mass is 9.92. The van der Waals surface area contributed by atoms with Crippen molar-refractivity contribution in [1.82, 2.24) is 10.2 Å². The molecule has 2 aromatic rings. The van der Waals surface area contributed by atoms with E-state index in [4.69, 9.17) is 26.4 Å². The summed E-state index contributed by atoms with van der Waals surface area (Å²) in [6, 6.07) is 10.5. The Morgan fingerprint density at radius 3 is 2.44 bits per heavy atom. The molecule has 0 radical (unpaired) electrons. The highest BCUT2D eigenvalue weighted by molar-refractivity contribution is 7.80. The minimum atomic E-state index is -0.281. The highest BCUT2D eigenvalue weighted by Crippen LogP contribution is 2.38. The summed E-state index contributed by atoms with van der Waals surface area (Å²) < 4.78 is 30.5. The van der Waals surface area contributed by atoms with Crippen molar-refractivity contribution in [2.75, 3.05) is 27.4 Å². The Morgan fingerprint density at radius 2 is 1.75 bits per heavy atom. The Hall–Kier alpha value is -2.54. The van der Waals surface area contributed by atoms with E-state index >= 15 is 0 Å². The van der Waals surface area contributed by atoms with Gasteiger partial charge < -0.3 is 24.4 Å². The molecule has 7 heteroatoms. The molecule has 0 spiro atoms. The molecule has 0 bridgehead atoms. The number of thiocarbonyl (C=S) groups is 1. The fourth-order valence-corrected chi connectivity index (χ4v) is 5.05. The van der Waals surface area contributed by atoms with Crippen LogP contribution < -0.4 is 19.5 Å². The van der Waals surface area contributed by atoms with Crippen LogP contribution in [0.4, 0.5) is 4.39 Å². The van der Waals surface area contributed by atoms with Crippen LogP contribution in [-0.4, -0.2) is 43.4 Å². The summed E-state index contributed by atoms with van der Waals surface area (Å²) in [5, 5.41) is 4.37.